The zero-order valence-electron chi connectivity index (χ0n) is 18.9. The van der Waals surface area contributed by atoms with E-state index < -0.39 is 0 Å². The zero-order valence-corrected chi connectivity index (χ0v) is 30.3. The number of hydrogen-bond donors (Lipinski definition) is 1. The Labute approximate surface area is 277 Å². The van der Waals surface area contributed by atoms with E-state index in [1.165, 1.54) is 32.1 Å². The van der Waals surface area contributed by atoms with Gasteiger partial charge in [0.25, 0.3) is 0 Å². The van der Waals surface area contributed by atoms with Crippen LogP contribution in [0, 0.1) is 54.1 Å². The van der Waals surface area contributed by atoms with Crippen LogP contribution >= 0.6 is 0 Å². The van der Waals surface area contributed by atoms with Crippen molar-refractivity contribution in [2.75, 3.05) is 6.61 Å². The second kappa shape index (κ2) is 24.0. The predicted molar refractivity (Wildman–Crippen MR) is 104 cm³/mol. The van der Waals surface area contributed by atoms with Gasteiger partial charge in [-0.05, 0) is 0 Å². The summed E-state index contributed by atoms with van der Waals surface area (Å²) in [6.45, 7) is 11.5. The summed E-state index contributed by atoms with van der Waals surface area (Å²) in [5.41, 5.74) is 0. The van der Waals surface area contributed by atoms with Gasteiger partial charge < -0.3 is 23.7 Å². The average molecular weight is 687 g/mol. The molecule has 0 spiro atoms. The summed E-state index contributed by atoms with van der Waals surface area (Å²) in [6.07, 6.45) is 21.0. The third kappa shape index (κ3) is 18.3. The third-order valence-corrected chi connectivity index (χ3v) is 5.36. The van der Waals surface area contributed by atoms with Crippen LogP contribution in [0.3, 0.4) is 0 Å². The molecule has 3 unspecified atom stereocenters. The maximum atomic E-state index is 8.60. The first-order chi connectivity index (χ1) is 11.5. The molecule has 0 heterocycles. The molecule has 3 aliphatic carbocycles. The second-order valence-electron chi connectivity index (χ2n) is 8.06. The van der Waals surface area contributed by atoms with E-state index in [1.54, 1.807) is 0 Å². The summed E-state index contributed by atoms with van der Waals surface area (Å²) >= 11 is 0. The van der Waals surface area contributed by atoms with Gasteiger partial charge in [-0.1, -0.05) is 84.5 Å². The molecule has 5 heteroatoms. The van der Waals surface area contributed by atoms with Gasteiger partial charge in [-0.25, -0.2) is 0 Å². The third-order valence-electron chi connectivity index (χ3n) is 5.36. The van der Waals surface area contributed by atoms with Gasteiger partial charge in [0, 0.05) is 137 Å². The Morgan fingerprint density at radius 2 is 1.32 bits per heavy atom. The van der Waals surface area contributed by atoms with Crippen molar-refractivity contribution in [1.82, 2.24) is 0 Å². The minimum absolute atomic E-state index is 0. The average Bonchev–Trinajstić information content (AvgIpc) is 3.30. The van der Waals surface area contributed by atoms with Gasteiger partial charge in [-0.15, -0.1) is 0 Å². The zero-order chi connectivity index (χ0) is 17.9. The summed E-state index contributed by atoms with van der Waals surface area (Å²) in [7, 11) is 0. The molecule has 152 valence electrons. The van der Waals surface area contributed by atoms with Gasteiger partial charge in [0.05, 0.1) is 0 Å². The Balaban J connectivity index is -0.000000144. The molecular weight excluding hydrogens is 648 g/mol. The van der Waals surface area contributed by atoms with Crippen molar-refractivity contribution >= 4 is 0 Å². The first-order valence-electron chi connectivity index (χ1n) is 10.1. The van der Waals surface area contributed by atoms with E-state index in [2.05, 4.69) is 59.3 Å². The van der Waals surface area contributed by atoms with Crippen LogP contribution in [0.5, 0.6) is 0 Å². The van der Waals surface area contributed by atoms with Gasteiger partial charge in [0.1, 0.15) is 0 Å². The molecule has 1 saturated carbocycles. The van der Waals surface area contributed by atoms with Crippen LogP contribution < -0.4 is 0 Å². The molecule has 6 atom stereocenters. The fourth-order valence-corrected chi connectivity index (χ4v) is 3.65. The summed E-state index contributed by atoms with van der Waals surface area (Å²) in [5, 5.41) is 8.60. The van der Waals surface area contributed by atoms with Gasteiger partial charge >= 0.3 is 0 Å². The van der Waals surface area contributed by atoms with Gasteiger partial charge in [0.15, 0.2) is 0 Å². The SMILES string of the molecule is CC1C=[C-][C@@H](CO)C1.CC[C@@H]1[C-]=CC(C)C1.CC[C@@H]1[CH-]CC(C)C1.[Y].[Y].[Y].[Y]. The molecule has 0 aromatic heterocycles. The molecule has 1 N–H and O–H groups in total. The molecule has 0 bridgehead atoms. The van der Waals surface area contributed by atoms with E-state index in [9.17, 15) is 0 Å². The van der Waals surface area contributed by atoms with Crippen molar-refractivity contribution in [2.24, 2.45) is 35.5 Å². The fourth-order valence-electron chi connectivity index (χ4n) is 3.65. The van der Waals surface area contributed by atoms with Crippen LogP contribution in [0.4, 0.5) is 0 Å². The van der Waals surface area contributed by atoms with Gasteiger partial charge in [0.2, 0.25) is 0 Å². The molecule has 0 amide bonds. The molecule has 1 fully saturated rings. The minimum Gasteiger partial charge on any atom is -0.497 e. The first-order valence-corrected chi connectivity index (χ1v) is 10.1. The topological polar surface area (TPSA) is 20.2 Å². The Bertz CT molecular complexity index is 361. The molecule has 0 saturated heterocycles. The standard InChI is InChI=1S/C8H15.C8H13.C7H11O.4Y/c2*1-3-8-5-4-7(2)6-8;1-6-2-3-7(4-6)5-8;;;;/h5,7-8H,3-4,6H2,1-2H3;4,7-8H,3,6H2,1-2H3;2,6-8H,4-5H2,1H3;;;;/q3*-1;;;;/t2*7?,8-;6?,7-;;;;/m111..../s1. The molecule has 0 aliphatic heterocycles. The smallest absolute Gasteiger partial charge is 0.0194 e. The molecule has 0 aromatic carbocycles. The van der Waals surface area contributed by atoms with Crippen LogP contribution in [0.15, 0.2) is 12.2 Å². The maximum absolute atomic E-state index is 8.60. The van der Waals surface area contributed by atoms with Gasteiger partial charge in [-0.2, -0.15) is 24.2 Å². The molecule has 1 nitrogen and oxygen atoms in total. The van der Waals surface area contributed by atoms with Crippen molar-refractivity contribution in [3.05, 3.63) is 30.7 Å². The number of allylic oxidation sites excluding steroid dienone is 3. The Morgan fingerprint density at radius 3 is 1.50 bits per heavy atom. The van der Waals surface area contributed by atoms with Crippen molar-refractivity contribution in [3.8, 4) is 0 Å². The van der Waals surface area contributed by atoms with Crippen LogP contribution in [0.25, 0.3) is 0 Å². The van der Waals surface area contributed by atoms with Crippen molar-refractivity contribution in [1.29, 1.82) is 0 Å². The van der Waals surface area contributed by atoms with Crippen LogP contribution in [-0.2, 0) is 131 Å². The Hall–Kier alpha value is 3.86. The Morgan fingerprint density at radius 1 is 0.821 bits per heavy atom. The molecular formula is C23H39OY4-3. The second-order valence-corrected chi connectivity index (χ2v) is 8.06. The van der Waals surface area contributed by atoms with Gasteiger partial charge in [-0.3, -0.25) is 12.2 Å². The van der Waals surface area contributed by atoms with E-state index in [0.29, 0.717) is 11.8 Å². The minimum atomic E-state index is 0. The van der Waals surface area contributed by atoms with Crippen molar-refractivity contribution in [3.63, 3.8) is 0 Å². The number of aliphatic hydroxyl groups is 1. The van der Waals surface area contributed by atoms with Crippen LogP contribution in [0.1, 0.15) is 73.1 Å². The normalized spacial score (nSPS) is 31.6. The maximum Gasteiger partial charge on any atom is 0.0194 e. The largest absolute Gasteiger partial charge is 0.497 e. The summed E-state index contributed by atoms with van der Waals surface area (Å²) in [4.78, 5) is 0. The number of hydrogen-bond acceptors (Lipinski definition) is 1. The van der Waals surface area contributed by atoms with E-state index >= 15 is 0 Å². The quantitative estimate of drug-likeness (QED) is 0.359. The summed E-state index contributed by atoms with van der Waals surface area (Å²) in [5.74, 6) is 4.44. The fraction of sp³-hybridized carbons (Fsp3) is 0.783. The van der Waals surface area contributed by atoms with E-state index in [0.717, 1.165) is 30.1 Å². The molecule has 4 radical (unpaired) electrons. The van der Waals surface area contributed by atoms with Crippen LogP contribution in [-0.4, -0.2) is 11.7 Å². The van der Waals surface area contributed by atoms with E-state index in [-0.39, 0.29) is 137 Å². The first kappa shape index (κ1) is 39.1. The predicted octanol–water partition coefficient (Wildman–Crippen LogP) is 6.04. The van der Waals surface area contributed by atoms with E-state index in [4.69, 9.17) is 5.11 Å². The molecule has 3 aliphatic rings. The summed E-state index contributed by atoms with van der Waals surface area (Å²) in [6, 6.07) is 0. The monoisotopic (exact) mass is 687 g/mol. The van der Waals surface area contributed by atoms with Crippen molar-refractivity contribution in [2.45, 2.75) is 73.1 Å². The summed E-state index contributed by atoms with van der Waals surface area (Å²) < 4.78 is 0. The van der Waals surface area contributed by atoms with Crippen molar-refractivity contribution < 1.29 is 136 Å². The molecule has 28 heavy (non-hydrogen) atoms. The van der Waals surface area contributed by atoms with E-state index in [1.807, 2.05) is 6.08 Å². The number of aliphatic hydroxyl groups excluding tert-OH is 1. The van der Waals surface area contributed by atoms with Crippen LogP contribution in [0.2, 0.25) is 0 Å². The molecule has 0 aromatic rings. The Kier molecular flexibility index (Phi) is 33.5. The molecule has 3 rings (SSSR count). The number of rotatable bonds is 3.